The van der Waals surface area contributed by atoms with Crippen molar-refractivity contribution in [3.63, 3.8) is 0 Å². The zero-order chi connectivity index (χ0) is 15.4. The Morgan fingerprint density at radius 1 is 0.609 bits per heavy atom. The van der Waals surface area contributed by atoms with E-state index in [-0.39, 0.29) is 5.78 Å². The smallest absolute Gasteiger partial charge is 0.160 e. The van der Waals surface area contributed by atoms with Crippen molar-refractivity contribution in [2.45, 2.75) is 6.42 Å². The molecule has 0 unspecified atom stereocenters. The van der Waals surface area contributed by atoms with Gasteiger partial charge in [-0.3, -0.25) is 4.79 Å². The van der Waals surface area contributed by atoms with Gasteiger partial charge in [0.2, 0.25) is 0 Å². The molecule has 1 aliphatic carbocycles. The van der Waals surface area contributed by atoms with Gasteiger partial charge in [0, 0.05) is 6.42 Å². The van der Waals surface area contributed by atoms with Gasteiger partial charge in [0.15, 0.2) is 5.78 Å². The minimum Gasteiger partial charge on any atom is -0.294 e. The highest BCUT2D eigenvalue weighted by atomic mass is 16.1. The Labute approximate surface area is 133 Å². The number of ketones is 1. The van der Waals surface area contributed by atoms with Gasteiger partial charge in [0.05, 0.1) is 0 Å². The molecule has 0 amide bonds. The molecule has 0 fully saturated rings. The number of fused-ring (bicyclic) bond motifs is 7. The highest BCUT2D eigenvalue weighted by Gasteiger charge is 2.14. The van der Waals surface area contributed by atoms with Crippen LogP contribution in [-0.2, 0) is 11.2 Å². The molecule has 0 atom stereocenters. The quantitative estimate of drug-likeness (QED) is 0.403. The van der Waals surface area contributed by atoms with E-state index in [1.54, 1.807) is 6.08 Å². The molecule has 0 bridgehead atoms. The van der Waals surface area contributed by atoms with Gasteiger partial charge in [0.25, 0.3) is 0 Å². The summed E-state index contributed by atoms with van der Waals surface area (Å²) in [7, 11) is 0. The second kappa shape index (κ2) is 4.53. The van der Waals surface area contributed by atoms with Crippen molar-refractivity contribution in [1.82, 2.24) is 0 Å². The van der Waals surface area contributed by atoms with Crippen LogP contribution in [0.1, 0.15) is 11.1 Å². The monoisotopic (exact) mass is 294 g/mol. The van der Waals surface area contributed by atoms with Crippen LogP contribution in [0, 0.1) is 0 Å². The SMILES string of the molecule is O=C1C=Cc2c(ccc3c2ccc2c4ccccc4ccc32)C1. The topological polar surface area (TPSA) is 17.1 Å². The van der Waals surface area contributed by atoms with E-state index in [1.165, 1.54) is 37.9 Å². The van der Waals surface area contributed by atoms with Gasteiger partial charge in [-0.2, -0.15) is 0 Å². The average molecular weight is 294 g/mol. The standard InChI is InChI=1S/C22H14O/c23-16-7-10-18-15(13-16)6-9-22-20(18)12-11-19-17-4-2-1-3-14(17)5-8-21(19)22/h1-12H,13H2. The maximum Gasteiger partial charge on any atom is 0.160 e. The van der Waals surface area contributed by atoms with Crippen molar-refractivity contribution >= 4 is 44.2 Å². The molecule has 0 heterocycles. The molecule has 0 saturated carbocycles. The van der Waals surface area contributed by atoms with Crippen molar-refractivity contribution in [3.05, 3.63) is 77.9 Å². The zero-order valence-corrected chi connectivity index (χ0v) is 12.5. The van der Waals surface area contributed by atoms with Crippen molar-refractivity contribution in [2.75, 3.05) is 0 Å². The fourth-order valence-electron chi connectivity index (χ4n) is 3.75. The Hall–Kier alpha value is -2.93. The highest BCUT2D eigenvalue weighted by molar-refractivity contribution is 6.19. The lowest BCUT2D eigenvalue weighted by Gasteiger charge is -2.14. The van der Waals surface area contributed by atoms with Crippen LogP contribution in [0.5, 0.6) is 0 Å². The predicted molar refractivity (Wildman–Crippen MR) is 96.7 cm³/mol. The van der Waals surface area contributed by atoms with Gasteiger partial charge in [-0.1, -0.05) is 66.7 Å². The summed E-state index contributed by atoms with van der Waals surface area (Å²) in [6.45, 7) is 0. The summed E-state index contributed by atoms with van der Waals surface area (Å²) in [5.41, 5.74) is 2.32. The Morgan fingerprint density at radius 3 is 2.26 bits per heavy atom. The lowest BCUT2D eigenvalue weighted by molar-refractivity contribution is -0.114. The number of rotatable bonds is 0. The molecule has 0 aliphatic heterocycles. The lowest BCUT2D eigenvalue weighted by atomic mass is 9.89. The van der Waals surface area contributed by atoms with E-state index in [0.29, 0.717) is 6.42 Å². The summed E-state index contributed by atoms with van der Waals surface area (Å²) in [5, 5.41) is 7.60. The molecule has 108 valence electrons. The fourth-order valence-corrected chi connectivity index (χ4v) is 3.75. The van der Waals surface area contributed by atoms with Crippen LogP contribution >= 0.6 is 0 Å². The molecule has 0 saturated heterocycles. The Bertz CT molecular complexity index is 1150. The number of allylic oxidation sites excluding steroid dienone is 1. The fraction of sp³-hybridized carbons (Fsp3) is 0.0455. The first-order chi connectivity index (χ1) is 11.3. The molecular weight excluding hydrogens is 280 g/mol. The molecule has 1 nitrogen and oxygen atoms in total. The summed E-state index contributed by atoms with van der Waals surface area (Å²) in [4.78, 5) is 11.6. The van der Waals surface area contributed by atoms with E-state index in [1.807, 2.05) is 6.08 Å². The highest BCUT2D eigenvalue weighted by Crippen LogP contribution is 2.35. The van der Waals surface area contributed by atoms with Crippen molar-refractivity contribution in [3.8, 4) is 0 Å². The first-order valence-electron chi connectivity index (χ1n) is 7.88. The molecule has 4 aromatic carbocycles. The van der Waals surface area contributed by atoms with Gasteiger partial charge in [0.1, 0.15) is 0 Å². The molecule has 5 rings (SSSR count). The van der Waals surface area contributed by atoms with E-state index < -0.39 is 0 Å². The van der Waals surface area contributed by atoms with Crippen molar-refractivity contribution < 1.29 is 4.79 Å². The summed E-state index contributed by atoms with van der Waals surface area (Å²) in [6, 6.07) is 21.6. The first kappa shape index (κ1) is 12.6. The number of carbonyl (C=O) groups is 1. The minimum atomic E-state index is 0.184. The molecule has 0 radical (unpaired) electrons. The van der Waals surface area contributed by atoms with Gasteiger partial charge in [-0.15, -0.1) is 0 Å². The van der Waals surface area contributed by atoms with E-state index >= 15 is 0 Å². The van der Waals surface area contributed by atoms with E-state index in [9.17, 15) is 4.79 Å². The largest absolute Gasteiger partial charge is 0.294 e. The molecule has 23 heavy (non-hydrogen) atoms. The predicted octanol–water partition coefficient (Wildman–Crippen LogP) is 5.28. The van der Waals surface area contributed by atoms with Crippen LogP contribution in [0.2, 0.25) is 0 Å². The number of hydrogen-bond donors (Lipinski definition) is 0. The van der Waals surface area contributed by atoms with Crippen LogP contribution < -0.4 is 0 Å². The van der Waals surface area contributed by atoms with E-state index in [2.05, 4.69) is 60.7 Å². The second-order valence-corrected chi connectivity index (χ2v) is 6.16. The van der Waals surface area contributed by atoms with Crippen LogP contribution in [0.4, 0.5) is 0 Å². The summed E-state index contributed by atoms with van der Waals surface area (Å²) in [6.07, 6.45) is 4.18. The Kier molecular flexibility index (Phi) is 2.48. The summed E-state index contributed by atoms with van der Waals surface area (Å²) >= 11 is 0. The minimum absolute atomic E-state index is 0.184. The van der Waals surface area contributed by atoms with Crippen LogP contribution in [0.25, 0.3) is 38.4 Å². The molecule has 4 aromatic rings. The summed E-state index contributed by atoms with van der Waals surface area (Å²) < 4.78 is 0. The van der Waals surface area contributed by atoms with E-state index in [4.69, 9.17) is 0 Å². The molecule has 1 aliphatic rings. The third-order valence-electron chi connectivity index (χ3n) is 4.86. The summed E-state index contributed by atoms with van der Waals surface area (Å²) in [5.74, 6) is 0.184. The number of hydrogen-bond acceptors (Lipinski definition) is 1. The van der Waals surface area contributed by atoms with Gasteiger partial charge >= 0.3 is 0 Å². The molecule has 0 aromatic heterocycles. The third-order valence-corrected chi connectivity index (χ3v) is 4.86. The van der Waals surface area contributed by atoms with Gasteiger partial charge < -0.3 is 0 Å². The van der Waals surface area contributed by atoms with Crippen LogP contribution in [-0.4, -0.2) is 5.78 Å². The Morgan fingerprint density at radius 2 is 1.30 bits per heavy atom. The Balaban J connectivity index is 1.94. The number of carbonyl (C=O) groups excluding carboxylic acids is 1. The van der Waals surface area contributed by atoms with Crippen LogP contribution in [0.15, 0.2) is 66.7 Å². The number of benzene rings is 4. The van der Waals surface area contributed by atoms with Crippen molar-refractivity contribution in [2.24, 2.45) is 0 Å². The molecule has 1 heteroatoms. The molecular formula is C22H14O. The maximum atomic E-state index is 11.6. The third kappa shape index (κ3) is 1.77. The van der Waals surface area contributed by atoms with Crippen molar-refractivity contribution in [1.29, 1.82) is 0 Å². The average Bonchev–Trinajstić information content (AvgIpc) is 2.60. The molecule has 0 N–H and O–H groups in total. The van der Waals surface area contributed by atoms with E-state index in [0.717, 1.165) is 5.56 Å². The zero-order valence-electron chi connectivity index (χ0n) is 12.5. The van der Waals surface area contributed by atoms with Crippen LogP contribution in [0.3, 0.4) is 0 Å². The second-order valence-electron chi connectivity index (χ2n) is 6.16. The van der Waals surface area contributed by atoms with Gasteiger partial charge in [-0.25, -0.2) is 0 Å². The normalized spacial score (nSPS) is 13.8. The van der Waals surface area contributed by atoms with Gasteiger partial charge in [-0.05, 0) is 49.5 Å². The first-order valence-corrected chi connectivity index (χ1v) is 7.88. The molecule has 0 spiro atoms. The maximum absolute atomic E-state index is 11.6. The lowest BCUT2D eigenvalue weighted by Crippen LogP contribution is -2.05.